The van der Waals surface area contributed by atoms with Crippen LogP contribution in [0.4, 0.5) is 0 Å². The fraction of sp³-hybridized carbons (Fsp3) is 1.00. The average Bonchev–Trinajstić information content (AvgIpc) is 2.04. The van der Waals surface area contributed by atoms with Crippen molar-refractivity contribution in [2.75, 3.05) is 26.5 Å². The maximum Gasteiger partial charge on any atom is 0.0814 e. The molecule has 3 heteroatoms. The zero-order valence-corrected chi connectivity index (χ0v) is 7.41. The van der Waals surface area contributed by atoms with Crippen molar-refractivity contribution >= 4 is 11.8 Å². The molecule has 2 atom stereocenters. The van der Waals surface area contributed by atoms with Gasteiger partial charge in [0.25, 0.3) is 0 Å². The minimum atomic E-state index is 0.420. The number of methoxy groups -OCH3 is 1. The van der Waals surface area contributed by atoms with Crippen LogP contribution in [0.25, 0.3) is 0 Å². The van der Waals surface area contributed by atoms with Gasteiger partial charge in [0, 0.05) is 18.9 Å². The first-order chi connectivity index (χ1) is 4.88. The van der Waals surface area contributed by atoms with Crippen LogP contribution in [-0.4, -0.2) is 37.8 Å². The van der Waals surface area contributed by atoms with Gasteiger partial charge < -0.3 is 10.1 Å². The van der Waals surface area contributed by atoms with Gasteiger partial charge in [-0.05, 0) is 19.2 Å². The maximum atomic E-state index is 5.31. The van der Waals surface area contributed by atoms with E-state index in [-0.39, 0.29) is 0 Å². The lowest BCUT2D eigenvalue weighted by molar-refractivity contribution is 0.0864. The third-order valence-corrected chi connectivity index (χ3v) is 3.12. The Morgan fingerprint density at radius 1 is 1.60 bits per heavy atom. The number of nitrogens with one attached hydrogen (secondary N) is 1. The third-order valence-electron chi connectivity index (χ3n) is 1.97. The molecule has 0 saturated carbocycles. The van der Waals surface area contributed by atoms with Crippen molar-refractivity contribution in [2.24, 2.45) is 0 Å². The SMILES string of the molecule is COC1CNCCC1SC. The summed E-state index contributed by atoms with van der Waals surface area (Å²) in [6.45, 7) is 2.16. The van der Waals surface area contributed by atoms with Crippen molar-refractivity contribution in [1.82, 2.24) is 5.32 Å². The van der Waals surface area contributed by atoms with Gasteiger partial charge in [0.05, 0.1) is 6.10 Å². The average molecular weight is 161 g/mol. The maximum absolute atomic E-state index is 5.31. The van der Waals surface area contributed by atoms with Gasteiger partial charge >= 0.3 is 0 Å². The van der Waals surface area contributed by atoms with Gasteiger partial charge in [-0.2, -0.15) is 11.8 Å². The molecule has 2 unspecified atom stereocenters. The lowest BCUT2D eigenvalue weighted by Crippen LogP contribution is -2.43. The minimum absolute atomic E-state index is 0.420. The van der Waals surface area contributed by atoms with E-state index >= 15 is 0 Å². The minimum Gasteiger partial charge on any atom is -0.379 e. The molecule has 1 N–H and O–H groups in total. The van der Waals surface area contributed by atoms with E-state index in [1.54, 1.807) is 7.11 Å². The third kappa shape index (κ3) is 1.87. The van der Waals surface area contributed by atoms with Gasteiger partial charge in [0.15, 0.2) is 0 Å². The predicted octanol–water partition coefficient (Wildman–Crippen LogP) is 0.726. The van der Waals surface area contributed by atoms with Crippen LogP contribution in [0, 0.1) is 0 Å². The Kier molecular flexibility index (Phi) is 3.52. The molecule has 2 nitrogen and oxygen atoms in total. The lowest BCUT2D eigenvalue weighted by atomic mass is 10.1. The summed E-state index contributed by atoms with van der Waals surface area (Å²) >= 11 is 1.91. The molecule has 1 heterocycles. The smallest absolute Gasteiger partial charge is 0.0814 e. The van der Waals surface area contributed by atoms with Crippen LogP contribution in [0.5, 0.6) is 0 Å². The molecule has 60 valence electrons. The largest absolute Gasteiger partial charge is 0.379 e. The molecule has 0 radical (unpaired) electrons. The van der Waals surface area contributed by atoms with Crippen molar-refractivity contribution < 1.29 is 4.74 Å². The van der Waals surface area contributed by atoms with Crippen LogP contribution in [0.15, 0.2) is 0 Å². The number of hydrogen-bond donors (Lipinski definition) is 1. The van der Waals surface area contributed by atoms with Gasteiger partial charge in [-0.15, -0.1) is 0 Å². The summed E-state index contributed by atoms with van der Waals surface area (Å²) in [5.41, 5.74) is 0. The summed E-state index contributed by atoms with van der Waals surface area (Å²) in [4.78, 5) is 0. The highest BCUT2D eigenvalue weighted by atomic mass is 32.2. The molecule has 0 aromatic carbocycles. The highest BCUT2D eigenvalue weighted by molar-refractivity contribution is 7.99. The van der Waals surface area contributed by atoms with E-state index in [9.17, 15) is 0 Å². The van der Waals surface area contributed by atoms with Crippen molar-refractivity contribution in [3.05, 3.63) is 0 Å². The molecule has 0 spiro atoms. The van der Waals surface area contributed by atoms with Crippen LogP contribution in [0.3, 0.4) is 0 Å². The van der Waals surface area contributed by atoms with Crippen molar-refractivity contribution in [1.29, 1.82) is 0 Å². The molecule has 10 heavy (non-hydrogen) atoms. The van der Waals surface area contributed by atoms with E-state index in [0.29, 0.717) is 11.4 Å². The molecular formula is C7H15NOS. The fourth-order valence-corrected chi connectivity index (χ4v) is 2.18. The number of hydrogen-bond acceptors (Lipinski definition) is 3. The Hall–Kier alpha value is 0.270. The summed E-state index contributed by atoms with van der Waals surface area (Å²) in [5.74, 6) is 0. The Morgan fingerprint density at radius 3 is 2.90 bits per heavy atom. The first-order valence-corrected chi connectivity index (χ1v) is 4.93. The zero-order valence-electron chi connectivity index (χ0n) is 6.59. The quantitative estimate of drug-likeness (QED) is 0.645. The lowest BCUT2D eigenvalue weighted by Gasteiger charge is -2.29. The predicted molar refractivity (Wildman–Crippen MR) is 45.6 cm³/mol. The van der Waals surface area contributed by atoms with Crippen molar-refractivity contribution in [2.45, 2.75) is 17.8 Å². The molecule has 0 aromatic rings. The van der Waals surface area contributed by atoms with E-state index in [4.69, 9.17) is 4.74 Å². The van der Waals surface area contributed by atoms with Gasteiger partial charge in [-0.3, -0.25) is 0 Å². The normalized spacial score (nSPS) is 34.2. The van der Waals surface area contributed by atoms with Crippen LogP contribution in [0.1, 0.15) is 6.42 Å². The highest BCUT2D eigenvalue weighted by Gasteiger charge is 2.22. The zero-order chi connectivity index (χ0) is 7.40. The monoisotopic (exact) mass is 161 g/mol. The molecule has 1 saturated heterocycles. The first-order valence-electron chi connectivity index (χ1n) is 3.64. The second-order valence-corrected chi connectivity index (χ2v) is 3.62. The summed E-state index contributed by atoms with van der Waals surface area (Å²) in [7, 11) is 1.79. The second kappa shape index (κ2) is 4.21. The van der Waals surface area contributed by atoms with Gasteiger partial charge in [-0.1, -0.05) is 0 Å². The van der Waals surface area contributed by atoms with E-state index in [0.717, 1.165) is 13.1 Å². The van der Waals surface area contributed by atoms with Gasteiger partial charge in [0.1, 0.15) is 0 Å². The van der Waals surface area contributed by atoms with E-state index in [2.05, 4.69) is 11.6 Å². The topological polar surface area (TPSA) is 21.3 Å². The Bertz CT molecular complexity index is 87.6. The van der Waals surface area contributed by atoms with E-state index in [1.165, 1.54) is 6.42 Å². The molecule has 1 rings (SSSR count). The number of rotatable bonds is 2. The molecule has 0 amide bonds. The summed E-state index contributed by atoms with van der Waals surface area (Å²) < 4.78 is 5.31. The van der Waals surface area contributed by atoms with E-state index < -0.39 is 0 Å². The summed E-state index contributed by atoms with van der Waals surface area (Å²) in [6.07, 6.45) is 3.81. The molecular weight excluding hydrogens is 146 g/mol. The standard InChI is InChI=1S/C7H15NOS/c1-9-6-5-8-4-3-7(6)10-2/h6-8H,3-5H2,1-2H3. The van der Waals surface area contributed by atoms with Gasteiger partial charge in [0.2, 0.25) is 0 Å². The van der Waals surface area contributed by atoms with Crippen LogP contribution in [0.2, 0.25) is 0 Å². The molecule has 0 aromatic heterocycles. The van der Waals surface area contributed by atoms with Crippen LogP contribution in [-0.2, 0) is 4.74 Å². The van der Waals surface area contributed by atoms with Crippen LogP contribution >= 0.6 is 11.8 Å². The Labute approximate surface area is 66.7 Å². The van der Waals surface area contributed by atoms with Crippen molar-refractivity contribution in [3.8, 4) is 0 Å². The Morgan fingerprint density at radius 2 is 2.40 bits per heavy atom. The summed E-state index contributed by atoms with van der Waals surface area (Å²) in [5, 5.41) is 4.01. The fourth-order valence-electron chi connectivity index (χ4n) is 1.31. The molecule has 0 bridgehead atoms. The highest BCUT2D eigenvalue weighted by Crippen LogP contribution is 2.19. The molecule has 1 fully saturated rings. The Balaban J connectivity index is 2.34. The molecule has 0 aliphatic carbocycles. The summed E-state index contributed by atoms with van der Waals surface area (Å²) in [6, 6.07) is 0. The van der Waals surface area contributed by atoms with E-state index in [1.807, 2.05) is 11.8 Å². The number of piperidine rings is 1. The molecule has 1 aliphatic heterocycles. The first kappa shape index (κ1) is 8.37. The van der Waals surface area contributed by atoms with Gasteiger partial charge in [-0.25, -0.2) is 0 Å². The van der Waals surface area contributed by atoms with Crippen LogP contribution < -0.4 is 5.32 Å². The number of ether oxygens (including phenoxy) is 1. The van der Waals surface area contributed by atoms with Crippen molar-refractivity contribution in [3.63, 3.8) is 0 Å². The molecule has 1 aliphatic rings. The number of thioether (sulfide) groups is 1. The second-order valence-electron chi connectivity index (χ2n) is 2.54.